The van der Waals surface area contributed by atoms with Crippen molar-refractivity contribution in [3.8, 4) is 11.5 Å². The molecule has 0 aliphatic carbocycles. The molecule has 0 bridgehead atoms. The number of nitrogens with two attached hydrogens (primary N) is 1. The van der Waals surface area contributed by atoms with Gasteiger partial charge in [0.15, 0.2) is 11.5 Å². The maximum atomic E-state index is 13.1. The smallest absolute Gasteiger partial charge is 0.416 e. The first-order chi connectivity index (χ1) is 13.6. The second kappa shape index (κ2) is 7.65. The number of hydrogen-bond acceptors (Lipinski definition) is 6. The molecule has 9 heteroatoms. The number of alkyl halides is 3. The van der Waals surface area contributed by atoms with Gasteiger partial charge in [-0.05, 0) is 43.7 Å². The lowest BCUT2D eigenvalue weighted by atomic mass is 10.0. The predicted molar refractivity (Wildman–Crippen MR) is 105 cm³/mol. The summed E-state index contributed by atoms with van der Waals surface area (Å²) >= 11 is 0. The number of benzene rings is 2. The third kappa shape index (κ3) is 4.28. The van der Waals surface area contributed by atoms with Crippen LogP contribution >= 0.6 is 0 Å². The Balaban J connectivity index is 2.05. The molecule has 0 saturated heterocycles. The molecule has 3 rings (SSSR count). The maximum absolute atomic E-state index is 13.1. The Bertz CT molecular complexity index is 1050. The average molecular weight is 406 g/mol. The monoisotopic (exact) mass is 406 g/mol. The number of nitrogens with zero attached hydrogens (tertiary/aromatic N) is 2. The minimum absolute atomic E-state index is 0.0404. The molecule has 2 aromatic carbocycles. The third-order valence-corrected chi connectivity index (χ3v) is 4.47. The van der Waals surface area contributed by atoms with E-state index in [2.05, 4.69) is 15.3 Å². The van der Waals surface area contributed by atoms with E-state index in [1.807, 2.05) is 0 Å². The molecule has 0 saturated carbocycles. The average Bonchev–Trinajstić information content (AvgIpc) is 2.65. The van der Waals surface area contributed by atoms with Crippen molar-refractivity contribution in [2.24, 2.45) is 0 Å². The van der Waals surface area contributed by atoms with Gasteiger partial charge in [0.25, 0.3) is 0 Å². The van der Waals surface area contributed by atoms with E-state index in [9.17, 15) is 13.2 Å². The SMILES string of the molecule is COc1cc2nc(C)nc(NC(C)c3cc(N)cc(C(F)(F)F)c3)c2cc1OC. The van der Waals surface area contributed by atoms with Crippen LogP contribution in [0.2, 0.25) is 0 Å². The Morgan fingerprint density at radius 1 is 1.00 bits per heavy atom. The van der Waals surface area contributed by atoms with Gasteiger partial charge in [0.05, 0.1) is 31.3 Å². The molecule has 0 amide bonds. The van der Waals surface area contributed by atoms with Gasteiger partial charge in [0.2, 0.25) is 0 Å². The van der Waals surface area contributed by atoms with Crippen LogP contribution in [-0.4, -0.2) is 24.2 Å². The number of anilines is 2. The second-order valence-electron chi connectivity index (χ2n) is 6.60. The summed E-state index contributed by atoms with van der Waals surface area (Å²) in [6, 6.07) is 6.45. The molecule has 1 atom stereocenters. The van der Waals surface area contributed by atoms with E-state index in [1.165, 1.54) is 20.3 Å². The summed E-state index contributed by atoms with van der Waals surface area (Å²) < 4.78 is 50.0. The lowest BCUT2D eigenvalue weighted by molar-refractivity contribution is -0.137. The van der Waals surface area contributed by atoms with Crippen molar-refractivity contribution in [1.29, 1.82) is 0 Å². The Hall–Kier alpha value is -3.23. The lowest BCUT2D eigenvalue weighted by Gasteiger charge is -2.19. The van der Waals surface area contributed by atoms with Crippen LogP contribution in [0, 0.1) is 6.92 Å². The van der Waals surface area contributed by atoms with Crippen molar-refractivity contribution >= 4 is 22.4 Å². The number of fused-ring (bicyclic) bond motifs is 1. The fourth-order valence-electron chi connectivity index (χ4n) is 3.06. The zero-order valence-electron chi connectivity index (χ0n) is 16.4. The molecular formula is C20H21F3N4O2. The van der Waals surface area contributed by atoms with Crippen LogP contribution in [-0.2, 0) is 6.18 Å². The summed E-state index contributed by atoms with van der Waals surface area (Å²) in [5, 5.41) is 3.82. The number of aromatic nitrogens is 2. The van der Waals surface area contributed by atoms with Gasteiger partial charge >= 0.3 is 6.18 Å². The van der Waals surface area contributed by atoms with Gasteiger partial charge < -0.3 is 20.5 Å². The molecule has 3 aromatic rings. The second-order valence-corrected chi connectivity index (χ2v) is 6.60. The Morgan fingerprint density at radius 2 is 1.66 bits per heavy atom. The minimum atomic E-state index is -4.48. The van der Waals surface area contributed by atoms with E-state index in [1.54, 1.807) is 26.0 Å². The van der Waals surface area contributed by atoms with Crippen LogP contribution in [0.3, 0.4) is 0 Å². The Labute approximate surface area is 165 Å². The van der Waals surface area contributed by atoms with E-state index < -0.39 is 17.8 Å². The van der Waals surface area contributed by atoms with E-state index in [0.29, 0.717) is 39.6 Å². The van der Waals surface area contributed by atoms with Gasteiger partial charge in [0.1, 0.15) is 11.6 Å². The maximum Gasteiger partial charge on any atom is 0.416 e. The van der Waals surface area contributed by atoms with E-state index in [-0.39, 0.29) is 5.69 Å². The molecule has 1 aromatic heterocycles. The van der Waals surface area contributed by atoms with Crippen molar-refractivity contribution in [2.75, 3.05) is 25.3 Å². The number of rotatable bonds is 5. The fraction of sp³-hybridized carbons (Fsp3) is 0.300. The summed E-state index contributed by atoms with van der Waals surface area (Å²) in [6.07, 6.45) is -4.48. The van der Waals surface area contributed by atoms with Crippen LogP contribution in [0.4, 0.5) is 24.7 Å². The molecule has 6 nitrogen and oxygen atoms in total. The number of nitrogens with one attached hydrogen (secondary N) is 1. The quantitative estimate of drug-likeness (QED) is 0.596. The summed E-state index contributed by atoms with van der Waals surface area (Å²) in [7, 11) is 3.04. The Kier molecular flexibility index (Phi) is 5.41. The summed E-state index contributed by atoms with van der Waals surface area (Å²) in [5.74, 6) is 1.98. The van der Waals surface area contributed by atoms with Crippen LogP contribution in [0.15, 0.2) is 30.3 Å². The molecule has 0 radical (unpaired) electrons. The highest BCUT2D eigenvalue weighted by molar-refractivity contribution is 5.92. The highest BCUT2D eigenvalue weighted by Gasteiger charge is 2.31. The number of methoxy groups -OCH3 is 2. The number of ether oxygens (including phenoxy) is 2. The summed E-state index contributed by atoms with van der Waals surface area (Å²) in [5.41, 5.74) is 5.94. The predicted octanol–water partition coefficient (Wildman–Crippen LogP) is 4.73. The lowest BCUT2D eigenvalue weighted by Crippen LogP contribution is -2.13. The van der Waals surface area contributed by atoms with Crippen molar-refractivity contribution in [3.63, 3.8) is 0 Å². The molecule has 154 valence electrons. The first kappa shape index (κ1) is 20.5. The first-order valence-corrected chi connectivity index (χ1v) is 8.77. The third-order valence-electron chi connectivity index (χ3n) is 4.47. The van der Waals surface area contributed by atoms with Gasteiger partial charge in [0, 0.05) is 17.1 Å². The molecular weight excluding hydrogens is 385 g/mol. The molecule has 0 fully saturated rings. The largest absolute Gasteiger partial charge is 0.493 e. The van der Waals surface area contributed by atoms with E-state index in [4.69, 9.17) is 15.2 Å². The van der Waals surface area contributed by atoms with Gasteiger partial charge in [-0.25, -0.2) is 9.97 Å². The Morgan fingerprint density at radius 3 is 2.28 bits per heavy atom. The van der Waals surface area contributed by atoms with Crippen LogP contribution in [0.25, 0.3) is 10.9 Å². The van der Waals surface area contributed by atoms with E-state index in [0.717, 1.165) is 12.1 Å². The first-order valence-electron chi connectivity index (χ1n) is 8.77. The molecule has 0 aliphatic heterocycles. The number of aryl methyl sites for hydroxylation is 1. The minimum Gasteiger partial charge on any atom is -0.493 e. The van der Waals surface area contributed by atoms with Crippen molar-refractivity contribution in [3.05, 3.63) is 47.3 Å². The molecule has 1 unspecified atom stereocenters. The fourth-order valence-corrected chi connectivity index (χ4v) is 3.06. The normalized spacial score (nSPS) is 12.7. The molecule has 29 heavy (non-hydrogen) atoms. The topological polar surface area (TPSA) is 82.3 Å². The molecule has 1 heterocycles. The highest BCUT2D eigenvalue weighted by Crippen LogP contribution is 2.36. The number of halogens is 3. The van der Waals surface area contributed by atoms with Crippen LogP contribution < -0.4 is 20.5 Å². The van der Waals surface area contributed by atoms with Crippen LogP contribution in [0.5, 0.6) is 11.5 Å². The van der Waals surface area contributed by atoms with Gasteiger partial charge in [-0.1, -0.05) is 0 Å². The summed E-state index contributed by atoms with van der Waals surface area (Å²) in [4.78, 5) is 8.82. The summed E-state index contributed by atoms with van der Waals surface area (Å²) in [6.45, 7) is 3.47. The number of hydrogen-bond donors (Lipinski definition) is 2. The van der Waals surface area contributed by atoms with Gasteiger partial charge in [-0.2, -0.15) is 13.2 Å². The van der Waals surface area contributed by atoms with Crippen molar-refractivity contribution < 1.29 is 22.6 Å². The van der Waals surface area contributed by atoms with Crippen molar-refractivity contribution in [2.45, 2.75) is 26.1 Å². The molecule has 0 spiro atoms. The molecule has 3 N–H and O–H groups in total. The van der Waals surface area contributed by atoms with E-state index >= 15 is 0 Å². The zero-order valence-corrected chi connectivity index (χ0v) is 16.4. The zero-order chi connectivity index (χ0) is 21.3. The van der Waals surface area contributed by atoms with Gasteiger partial charge in [-0.3, -0.25) is 0 Å². The van der Waals surface area contributed by atoms with Crippen LogP contribution in [0.1, 0.15) is 29.9 Å². The van der Waals surface area contributed by atoms with Gasteiger partial charge in [-0.15, -0.1) is 0 Å². The molecule has 0 aliphatic rings. The highest BCUT2D eigenvalue weighted by atomic mass is 19.4. The van der Waals surface area contributed by atoms with Crippen molar-refractivity contribution in [1.82, 2.24) is 9.97 Å². The number of nitrogen functional groups attached to an aromatic ring is 1. The standard InChI is InChI=1S/C20H21F3N4O2/c1-10(12-5-13(20(21,22)23)7-14(24)6-12)25-19-15-8-17(28-3)18(29-4)9-16(15)26-11(2)27-19/h5-10H,24H2,1-4H3,(H,25,26,27).